The van der Waals surface area contributed by atoms with E-state index in [1.807, 2.05) is 30.3 Å². The van der Waals surface area contributed by atoms with E-state index in [0.717, 1.165) is 31.4 Å². The first-order valence-electron chi connectivity index (χ1n) is 9.59. The summed E-state index contributed by atoms with van der Waals surface area (Å²) in [5.74, 6) is 9.68. The Labute approximate surface area is 157 Å². The molecule has 0 N–H and O–H groups in total. The second-order valence-corrected chi connectivity index (χ2v) is 7.43. The molecule has 3 aliphatic rings. The van der Waals surface area contributed by atoms with E-state index in [2.05, 4.69) is 22.7 Å². The summed E-state index contributed by atoms with van der Waals surface area (Å²) in [7, 11) is 0. The van der Waals surface area contributed by atoms with Crippen molar-refractivity contribution >= 4 is 5.91 Å². The second kappa shape index (κ2) is 8.77. The minimum absolute atomic E-state index is 0.0852. The van der Waals surface area contributed by atoms with E-state index < -0.39 is 0 Å². The lowest BCUT2D eigenvalue weighted by Crippen LogP contribution is -2.51. The molecule has 26 heavy (non-hydrogen) atoms. The zero-order valence-corrected chi connectivity index (χ0v) is 15.3. The molecule has 2 heterocycles. The van der Waals surface area contributed by atoms with E-state index in [-0.39, 0.29) is 11.8 Å². The zero-order chi connectivity index (χ0) is 18.4. The minimum atomic E-state index is -0.0852. The lowest BCUT2D eigenvalue weighted by molar-refractivity contribution is -0.139. The van der Waals surface area contributed by atoms with Crippen LogP contribution in [0.2, 0.25) is 0 Å². The molecule has 0 aromatic heterocycles. The minimum Gasteiger partial charge on any atom is -0.339 e. The van der Waals surface area contributed by atoms with Crippen LogP contribution in [0.5, 0.6) is 0 Å². The number of benzene rings is 1. The predicted molar refractivity (Wildman–Crippen MR) is 105 cm³/mol. The van der Waals surface area contributed by atoms with Crippen molar-refractivity contribution in [1.29, 1.82) is 0 Å². The van der Waals surface area contributed by atoms with Crippen LogP contribution in [0.4, 0.5) is 0 Å². The van der Waals surface area contributed by atoms with Gasteiger partial charge in [-0.2, -0.15) is 0 Å². The number of piperidine rings is 2. The van der Waals surface area contributed by atoms with E-state index >= 15 is 0 Å². The van der Waals surface area contributed by atoms with Gasteiger partial charge in [0, 0.05) is 42.5 Å². The Bertz CT molecular complexity index is 738. The Morgan fingerprint density at radius 2 is 1.92 bits per heavy atom. The van der Waals surface area contributed by atoms with E-state index in [9.17, 15) is 4.79 Å². The van der Waals surface area contributed by atoms with Gasteiger partial charge in [-0.1, -0.05) is 36.0 Å². The maximum absolute atomic E-state index is 12.8. The lowest BCUT2D eigenvalue weighted by atomic mass is 9.79. The first kappa shape index (κ1) is 18.3. The fourth-order valence-corrected chi connectivity index (χ4v) is 4.12. The zero-order valence-electron chi connectivity index (χ0n) is 15.3. The molecular weight excluding hydrogens is 318 g/mol. The maximum atomic E-state index is 12.8. The van der Waals surface area contributed by atoms with Gasteiger partial charge >= 0.3 is 0 Å². The van der Waals surface area contributed by atoms with E-state index in [1.54, 1.807) is 0 Å². The van der Waals surface area contributed by atoms with Crippen molar-refractivity contribution in [3.63, 3.8) is 0 Å². The van der Waals surface area contributed by atoms with Gasteiger partial charge in [-0.25, -0.2) is 0 Å². The third-order valence-electron chi connectivity index (χ3n) is 5.68. The highest BCUT2D eigenvalue weighted by atomic mass is 16.2. The number of rotatable bonds is 5. The fourth-order valence-electron chi connectivity index (χ4n) is 4.12. The molecule has 0 unspecified atom stereocenters. The van der Waals surface area contributed by atoms with Crippen molar-refractivity contribution in [2.24, 2.45) is 11.8 Å². The Kier molecular flexibility index (Phi) is 6.19. The molecule has 0 spiro atoms. The van der Waals surface area contributed by atoms with Crippen LogP contribution in [0.25, 0.3) is 0 Å². The number of amides is 1. The molecule has 1 saturated carbocycles. The second-order valence-electron chi connectivity index (χ2n) is 7.43. The summed E-state index contributed by atoms with van der Waals surface area (Å²) in [6.07, 6.45) is 12.2. The Morgan fingerprint density at radius 3 is 2.54 bits per heavy atom. The average Bonchev–Trinajstić information content (AvgIpc) is 2.71. The molecule has 133 valence electrons. The molecule has 1 atom stereocenters. The summed E-state index contributed by atoms with van der Waals surface area (Å²) in [6.45, 7) is 6.94. The quantitative estimate of drug-likeness (QED) is 0.733. The van der Waals surface area contributed by atoms with Crippen LogP contribution in [-0.4, -0.2) is 23.4 Å². The molecule has 1 amide bonds. The van der Waals surface area contributed by atoms with Gasteiger partial charge in [-0.05, 0) is 56.7 Å². The van der Waals surface area contributed by atoms with Gasteiger partial charge in [-0.15, -0.1) is 6.42 Å². The fraction of sp³-hybridized carbons (Fsp3) is 0.458. The van der Waals surface area contributed by atoms with Crippen LogP contribution in [0.15, 0.2) is 35.9 Å². The molecule has 3 fully saturated rings. The highest BCUT2D eigenvalue weighted by Gasteiger charge is 2.36. The molecule has 1 aliphatic carbocycles. The number of carbonyl (C=O) groups is 1. The number of carbonyl (C=O) groups excluding carboxylic acids is 1. The maximum Gasteiger partial charge on any atom is 0.223 e. The molecule has 1 aromatic rings. The van der Waals surface area contributed by atoms with Crippen molar-refractivity contribution < 1.29 is 4.79 Å². The molecule has 1 aromatic carbocycles. The van der Waals surface area contributed by atoms with Crippen molar-refractivity contribution in [1.82, 2.24) is 4.90 Å². The van der Waals surface area contributed by atoms with E-state index in [0.29, 0.717) is 30.4 Å². The molecule has 2 nitrogen and oxygen atoms in total. The topological polar surface area (TPSA) is 20.3 Å². The SMILES string of the molecule is [CH]=C(C#C)[C@H](CCC#Cc1ccccc1)CC(=O)N1CC2CCC1CC2. The van der Waals surface area contributed by atoms with Crippen LogP contribution in [0.1, 0.15) is 50.5 Å². The van der Waals surface area contributed by atoms with E-state index in [4.69, 9.17) is 13.0 Å². The monoisotopic (exact) mass is 344 g/mol. The summed E-state index contributed by atoms with van der Waals surface area (Å²) in [5.41, 5.74) is 1.47. The smallest absolute Gasteiger partial charge is 0.223 e. The lowest BCUT2D eigenvalue weighted by Gasteiger charge is -2.45. The molecular formula is C24H26NO. The normalized spacial score (nSPS) is 22.0. The summed E-state index contributed by atoms with van der Waals surface area (Å²) < 4.78 is 0. The highest BCUT2D eigenvalue weighted by molar-refractivity contribution is 5.77. The van der Waals surface area contributed by atoms with Gasteiger partial charge in [0.25, 0.3) is 0 Å². The first-order chi connectivity index (χ1) is 12.7. The van der Waals surface area contributed by atoms with Crippen molar-refractivity contribution in [3.8, 4) is 24.2 Å². The van der Waals surface area contributed by atoms with Crippen LogP contribution >= 0.6 is 0 Å². The van der Waals surface area contributed by atoms with Crippen molar-refractivity contribution in [2.75, 3.05) is 6.54 Å². The number of nitrogens with zero attached hydrogens (tertiary/aromatic N) is 1. The number of hydrogen-bond donors (Lipinski definition) is 0. The Balaban J connectivity index is 1.56. The van der Waals surface area contributed by atoms with Crippen LogP contribution in [-0.2, 0) is 4.79 Å². The van der Waals surface area contributed by atoms with Gasteiger partial charge in [0.2, 0.25) is 5.91 Å². The number of allylic oxidation sites excluding steroid dienone is 1. The highest BCUT2D eigenvalue weighted by Crippen LogP contribution is 2.35. The third kappa shape index (κ3) is 4.59. The summed E-state index contributed by atoms with van der Waals surface area (Å²) >= 11 is 0. The molecule has 2 saturated heterocycles. The van der Waals surface area contributed by atoms with Crippen LogP contribution < -0.4 is 0 Å². The van der Waals surface area contributed by atoms with E-state index in [1.165, 1.54) is 12.8 Å². The average molecular weight is 344 g/mol. The van der Waals surface area contributed by atoms with Gasteiger partial charge in [0.05, 0.1) is 0 Å². The summed E-state index contributed by atoms with van der Waals surface area (Å²) in [4.78, 5) is 14.9. The third-order valence-corrected chi connectivity index (χ3v) is 5.68. The number of terminal acetylenes is 1. The Morgan fingerprint density at radius 1 is 1.19 bits per heavy atom. The molecule has 1 radical (unpaired) electrons. The van der Waals surface area contributed by atoms with Gasteiger partial charge in [0.15, 0.2) is 0 Å². The van der Waals surface area contributed by atoms with Crippen molar-refractivity contribution in [2.45, 2.75) is 51.0 Å². The molecule has 4 rings (SSSR count). The first-order valence-corrected chi connectivity index (χ1v) is 9.59. The number of fused-ring (bicyclic) bond motifs is 3. The van der Waals surface area contributed by atoms with Crippen LogP contribution in [0.3, 0.4) is 0 Å². The molecule has 2 aliphatic heterocycles. The van der Waals surface area contributed by atoms with Gasteiger partial charge in [0.1, 0.15) is 0 Å². The summed E-state index contributed by atoms with van der Waals surface area (Å²) in [6, 6.07) is 10.3. The summed E-state index contributed by atoms with van der Waals surface area (Å²) in [5, 5.41) is 0. The predicted octanol–water partition coefficient (Wildman–Crippen LogP) is 4.22. The van der Waals surface area contributed by atoms with Gasteiger partial charge in [-0.3, -0.25) is 4.79 Å². The van der Waals surface area contributed by atoms with Crippen LogP contribution in [0, 0.1) is 42.6 Å². The standard InChI is InChI=1S/C24H26NO/c1-3-19(2)22(12-8-7-11-20-9-5-4-6-10-20)17-24(26)25-18-21-13-15-23(25)16-14-21/h1-2,4-6,9-10,21-23H,8,12-18H2/t21?,22-,23?/m1/s1. The number of hydrogen-bond acceptors (Lipinski definition) is 1. The van der Waals surface area contributed by atoms with Crippen molar-refractivity contribution in [3.05, 3.63) is 48.0 Å². The molecule has 2 heteroatoms. The van der Waals surface area contributed by atoms with Gasteiger partial charge < -0.3 is 4.90 Å². The molecule has 2 bridgehead atoms. The largest absolute Gasteiger partial charge is 0.339 e. The Hall–Kier alpha value is -2.45.